The van der Waals surface area contributed by atoms with E-state index in [0.717, 1.165) is 11.6 Å². The first kappa shape index (κ1) is 11.6. The molecule has 5 heteroatoms. The SMILES string of the molecule is Cc1cccc(OCCc2n[nH]c(CN)n2)c1. The maximum atomic E-state index is 5.61. The van der Waals surface area contributed by atoms with Gasteiger partial charge in [-0.15, -0.1) is 0 Å². The number of benzene rings is 1. The van der Waals surface area contributed by atoms with Crippen molar-refractivity contribution < 1.29 is 4.74 Å². The highest BCUT2D eigenvalue weighted by molar-refractivity contribution is 5.27. The molecule has 90 valence electrons. The lowest BCUT2D eigenvalue weighted by Crippen LogP contribution is -2.03. The zero-order valence-corrected chi connectivity index (χ0v) is 9.81. The van der Waals surface area contributed by atoms with Gasteiger partial charge >= 0.3 is 0 Å². The first-order valence-electron chi connectivity index (χ1n) is 5.57. The molecule has 1 aromatic carbocycles. The largest absolute Gasteiger partial charge is 0.493 e. The molecule has 0 amide bonds. The van der Waals surface area contributed by atoms with Gasteiger partial charge in [-0.1, -0.05) is 12.1 Å². The Morgan fingerprint density at radius 2 is 2.29 bits per heavy atom. The van der Waals surface area contributed by atoms with Gasteiger partial charge in [0, 0.05) is 6.42 Å². The van der Waals surface area contributed by atoms with Crippen LogP contribution >= 0.6 is 0 Å². The van der Waals surface area contributed by atoms with Crippen LogP contribution in [0.15, 0.2) is 24.3 Å². The summed E-state index contributed by atoms with van der Waals surface area (Å²) in [5.41, 5.74) is 6.62. The molecule has 5 nitrogen and oxygen atoms in total. The first-order valence-corrected chi connectivity index (χ1v) is 5.57. The van der Waals surface area contributed by atoms with E-state index in [2.05, 4.69) is 15.2 Å². The second-order valence-electron chi connectivity index (χ2n) is 3.82. The van der Waals surface area contributed by atoms with Crippen molar-refractivity contribution in [2.45, 2.75) is 19.9 Å². The first-order chi connectivity index (χ1) is 8.28. The average molecular weight is 232 g/mol. The molecule has 0 atom stereocenters. The molecular formula is C12H16N4O. The summed E-state index contributed by atoms with van der Waals surface area (Å²) in [6, 6.07) is 7.96. The predicted octanol–water partition coefficient (Wildman–Crippen LogP) is 1.19. The van der Waals surface area contributed by atoms with Crippen LogP contribution in [-0.2, 0) is 13.0 Å². The fourth-order valence-corrected chi connectivity index (χ4v) is 1.50. The Morgan fingerprint density at radius 1 is 1.41 bits per heavy atom. The summed E-state index contributed by atoms with van der Waals surface area (Å²) < 4.78 is 5.61. The Hall–Kier alpha value is -1.88. The number of aryl methyl sites for hydroxylation is 1. The van der Waals surface area contributed by atoms with Crippen molar-refractivity contribution in [3.8, 4) is 5.75 Å². The normalized spacial score (nSPS) is 10.5. The van der Waals surface area contributed by atoms with E-state index in [-0.39, 0.29) is 0 Å². The van der Waals surface area contributed by atoms with Gasteiger partial charge in [-0.2, -0.15) is 5.10 Å². The number of aromatic amines is 1. The van der Waals surface area contributed by atoms with Crippen LogP contribution in [0.1, 0.15) is 17.2 Å². The maximum absolute atomic E-state index is 5.61. The minimum Gasteiger partial charge on any atom is -0.493 e. The van der Waals surface area contributed by atoms with Gasteiger partial charge in [0.05, 0.1) is 13.2 Å². The van der Waals surface area contributed by atoms with E-state index in [4.69, 9.17) is 10.5 Å². The summed E-state index contributed by atoms with van der Waals surface area (Å²) in [5, 5.41) is 6.81. The highest BCUT2D eigenvalue weighted by Gasteiger charge is 2.02. The topological polar surface area (TPSA) is 76.8 Å². The quantitative estimate of drug-likeness (QED) is 0.812. The molecule has 0 aliphatic carbocycles. The number of H-pyrrole nitrogens is 1. The van der Waals surface area contributed by atoms with Gasteiger partial charge in [-0.3, -0.25) is 5.10 Å². The van der Waals surface area contributed by atoms with Crippen molar-refractivity contribution in [3.05, 3.63) is 41.5 Å². The number of rotatable bonds is 5. The van der Waals surface area contributed by atoms with Gasteiger partial charge in [-0.05, 0) is 24.6 Å². The van der Waals surface area contributed by atoms with Gasteiger partial charge in [0.1, 0.15) is 11.6 Å². The minimum atomic E-state index is 0.381. The van der Waals surface area contributed by atoms with Gasteiger partial charge < -0.3 is 10.5 Å². The maximum Gasteiger partial charge on any atom is 0.154 e. The van der Waals surface area contributed by atoms with E-state index in [1.807, 2.05) is 31.2 Å². The highest BCUT2D eigenvalue weighted by atomic mass is 16.5. The van der Waals surface area contributed by atoms with Crippen molar-refractivity contribution in [3.63, 3.8) is 0 Å². The number of nitrogens with one attached hydrogen (secondary N) is 1. The van der Waals surface area contributed by atoms with Crippen molar-refractivity contribution in [2.75, 3.05) is 6.61 Å². The lowest BCUT2D eigenvalue weighted by molar-refractivity contribution is 0.319. The van der Waals surface area contributed by atoms with Gasteiger partial charge in [0.15, 0.2) is 5.82 Å². The van der Waals surface area contributed by atoms with E-state index in [0.29, 0.717) is 25.4 Å². The fourth-order valence-electron chi connectivity index (χ4n) is 1.50. The average Bonchev–Trinajstić information content (AvgIpc) is 2.77. The molecule has 2 aromatic rings. The van der Waals surface area contributed by atoms with Crippen molar-refractivity contribution >= 4 is 0 Å². The van der Waals surface area contributed by atoms with Crippen LogP contribution in [0.3, 0.4) is 0 Å². The molecule has 0 saturated carbocycles. The molecule has 2 rings (SSSR count). The Kier molecular flexibility index (Phi) is 3.72. The van der Waals surface area contributed by atoms with Crippen molar-refractivity contribution in [2.24, 2.45) is 5.73 Å². The Morgan fingerprint density at radius 3 is 3.00 bits per heavy atom. The van der Waals surface area contributed by atoms with Crippen LogP contribution in [0.4, 0.5) is 0 Å². The van der Waals surface area contributed by atoms with Crippen LogP contribution in [-0.4, -0.2) is 21.8 Å². The Labute approximate surface area is 100 Å². The molecule has 0 radical (unpaired) electrons. The smallest absolute Gasteiger partial charge is 0.154 e. The van der Waals surface area contributed by atoms with Crippen LogP contribution in [0.25, 0.3) is 0 Å². The molecule has 0 saturated heterocycles. The lowest BCUT2D eigenvalue weighted by atomic mass is 10.2. The van der Waals surface area contributed by atoms with E-state index in [1.165, 1.54) is 5.56 Å². The predicted molar refractivity (Wildman–Crippen MR) is 64.7 cm³/mol. The molecule has 1 aromatic heterocycles. The summed E-state index contributed by atoms with van der Waals surface area (Å²) in [4.78, 5) is 4.21. The van der Waals surface area contributed by atoms with Crippen molar-refractivity contribution in [1.29, 1.82) is 0 Å². The molecule has 17 heavy (non-hydrogen) atoms. The summed E-state index contributed by atoms with van der Waals surface area (Å²) >= 11 is 0. The molecule has 0 unspecified atom stereocenters. The van der Waals surface area contributed by atoms with Crippen LogP contribution in [0, 0.1) is 6.92 Å². The van der Waals surface area contributed by atoms with Gasteiger partial charge in [0.2, 0.25) is 0 Å². The number of nitrogens with zero attached hydrogens (tertiary/aromatic N) is 2. The molecule has 0 aliphatic heterocycles. The molecule has 0 aliphatic rings. The molecule has 1 heterocycles. The second-order valence-corrected chi connectivity index (χ2v) is 3.82. The highest BCUT2D eigenvalue weighted by Crippen LogP contribution is 2.12. The summed E-state index contributed by atoms with van der Waals surface area (Å²) in [6.07, 6.45) is 0.671. The zero-order chi connectivity index (χ0) is 12.1. The molecule has 3 N–H and O–H groups in total. The third-order valence-electron chi connectivity index (χ3n) is 2.36. The van der Waals surface area contributed by atoms with Gasteiger partial charge in [0.25, 0.3) is 0 Å². The number of hydrogen-bond donors (Lipinski definition) is 2. The summed E-state index contributed by atoms with van der Waals surface area (Å²) in [7, 11) is 0. The zero-order valence-electron chi connectivity index (χ0n) is 9.81. The number of ether oxygens (including phenoxy) is 1. The van der Waals surface area contributed by atoms with Crippen LogP contribution in [0.2, 0.25) is 0 Å². The minimum absolute atomic E-state index is 0.381. The molecule has 0 fully saturated rings. The van der Waals surface area contributed by atoms with Crippen LogP contribution < -0.4 is 10.5 Å². The van der Waals surface area contributed by atoms with Crippen LogP contribution in [0.5, 0.6) is 5.75 Å². The third-order valence-corrected chi connectivity index (χ3v) is 2.36. The number of nitrogens with two attached hydrogens (primary N) is 1. The molecular weight excluding hydrogens is 216 g/mol. The monoisotopic (exact) mass is 232 g/mol. The molecule has 0 bridgehead atoms. The Balaban J connectivity index is 1.83. The van der Waals surface area contributed by atoms with E-state index in [1.54, 1.807) is 0 Å². The van der Waals surface area contributed by atoms with Crippen molar-refractivity contribution in [1.82, 2.24) is 15.2 Å². The molecule has 0 spiro atoms. The standard InChI is InChI=1S/C12H16N4O/c1-9-3-2-4-10(7-9)17-6-5-11-14-12(8-13)16-15-11/h2-4,7H,5-6,8,13H2,1H3,(H,14,15,16). The number of aromatic nitrogens is 3. The second kappa shape index (κ2) is 5.45. The van der Waals surface area contributed by atoms with E-state index < -0.39 is 0 Å². The van der Waals surface area contributed by atoms with E-state index >= 15 is 0 Å². The summed E-state index contributed by atoms with van der Waals surface area (Å²) in [5.74, 6) is 2.31. The van der Waals surface area contributed by atoms with Gasteiger partial charge in [-0.25, -0.2) is 4.98 Å². The Bertz CT molecular complexity index is 481. The third kappa shape index (κ3) is 3.29. The lowest BCUT2D eigenvalue weighted by Gasteiger charge is -2.04. The summed E-state index contributed by atoms with van der Waals surface area (Å²) in [6.45, 7) is 2.98. The number of hydrogen-bond acceptors (Lipinski definition) is 4. The van der Waals surface area contributed by atoms with E-state index in [9.17, 15) is 0 Å². The fraction of sp³-hybridized carbons (Fsp3) is 0.333.